The summed E-state index contributed by atoms with van der Waals surface area (Å²) in [7, 11) is 1.60. The highest BCUT2D eigenvalue weighted by molar-refractivity contribution is 6.07. The molecule has 5 nitrogen and oxygen atoms in total. The zero-order valence-electron chi connectivity index (χ0n) is 14.5. The second kappa shape index (κ2) is 7.85. The number of rotatable bonds is 6. The minimum atomic E-state index is -0.158. The van der Waals surface area contributed by atoms with Crippen molar-refractivity contribution in [1.29, 1.82) is 0 Å². The van der Waals surface area contributed by atoms with Crippen molar-refractivity contribution in [3.05, 3.63) is 59.2 Å². The number of methoxy groups -OCH3 is 1. The molecule has 0 unspecified atom stereocenters. The van der Waals surface area contributed by atoms with Gasteiger partial charge in [0.05, 0.1) is 12.7 Å². The van der Waals surface area contributed by atoms with E-state index in [0.29, 0.717) is 17.1 Å². The van der Waals surface area contributed by atoms with Crippen LogP contribution in [0.1, 0.15) is 18.1 Å². The van der Waals surface area contributed by atoms with Crippen molar-refractivity contribution in [2.45, 2.75) is 13.5 Å². The van der Waals surface area contributed by atoms with Gasteiger partial charge in [0.1, 0.15) is 6.61 Å². The summed E-state index contributed by atoms with van der Waals surface area (Å²) in [5.74, 6) is 1.19. The number of para-hydroxylation sites is 1. The summed E-state index contributed by atoms with van der Waals surface area (Å²) in [6.45, 7) is 3.97. The largest absolute Gasteiger partial charge is 0.493 e. The molecule has 0 aliphatic carbocycles. The fourth-order valence-electron chi connectivity index (χ4n) is 2.71. The quantitative estimate of drug-likeness (QED) is 0.849. The molecule has 1 heterocycles. The summed E-state index contributed by atoms with van der Waals surface area (Å²) in [6, 6.07) is 13.5. The first-order valence-electron chi connectivity index (χ1n) is 8.32. The monoisotopic (exact) mass is 338 g/mol. The van der Waals surface area contributed by atoms with E-state index < -0.39 is 0 Å². The van der Waals surface area contributed by atoms with E-state index in [2.05, 4.69) is 17.6 Å². The SMILES string of the molecule is CCNCc1cccc(NC(=O)C2=Cc3cccc(OC)c3OC2)c1. The minimum absolute atomic E-state index is 0.158. The van der Waals surface area contributed by atoms with Crippen molar-refractivity contribution in [2.75, 3.05) is 25.6 Å². The predicted octanol–water partition coefficient (Wildman–Crippen LogP) is 3.22. The number of carbonyl (C=O) groups excluding carboxylic acids is 1. The summed E-state index contributed by atoms with van der Waals surface area (Å²) < 4.78 is 11.0. The van der Waals surface area contributed by atoms with E-state index in [1.165, 1.54) is 0 Å². The molecule has 0 aromatic heterocycles. The Hall–Kier alpha value is -2.79. The average Bonchev–Trinajstić information content (AvgIpc) is 2.65. The summed E-state index contributed by atoms with van der Waals surface area (Å²) in [4.78, 5) is 12.6. The maximum Gasteiger partial charge on any atom is 0.255 e. The molecule has 0 radical (unpaired) electrons. The molecule has 1 amide bonds. The van der Waals surface area contributed by atoms with Crippen LogP contribution in [0.25, 0.3) is 6.08 Å². The summed E-state index contributed by atoms with van der Waals surface area (Å²) in [6.07, 6.45) is 1.85. The van der Waals surface area contributed by atoms with Crippen LogP contribution in [0.4, 0.5) is 5.69 Å². The van der Waals surface area contributed by atoms with Crippen LogP contribution in [0, 0.1) is 0 Å². The normalized spacial score (nSPS) is 12.6. The molecule has 0 spiro atoms. The minimum Gasteiger partial charge on any atom is -0.493 e. The molecule has 130 valence electrons. The highest BCUT2D eigenvalue weighted by Crippen LogP contribution is 2.35. The fourth-order valence-corrected chi connectivity index (χ4v) is 2.71. The van der Waals surface area contributed by atoms with Crippen LogP contribution in [-0.2, 0) is 11.3 Å². The molecule has 3 rings (SSSR count). The number of amides is 1. The Kier molecular flexibility index (Phi) is 5.36. The van der Waals surface area contributed by atoms with Gasteiger partial charge in [-0.25, -0.2) is 0 Å². The van der Waals surface area contributed by atoms with Crippen molar-refractivity contribution in [2.24, 2.45) is 0 Å². The van der Waals surface area contributed by atoms with Gasteiger partial charge in [0.15, 0.2) is 11.5 Å². The average molecular weight is 338 g/mol. The van der Waals surface area contributed by atoms with Gasteiger partial charge in [-0.1, -0.05) is 31.2 Å². The Bertz CT molecular complexity index is 799. The van der Waals surface area contributed by atoms with Crippen molar-refractivity contribution >= 4 is 17.7 Å². The fraction of sp³-hybridized carbons (Fsp3) is 0.250. The van der Waals surface area contributed by atoms with Crippen molar-refractivity contribution < 1.29 is 14.3 Å². The van der Waals surface area contributed by atoms with Gasteiger partial charge in [-0.15, -0.1) is 0 Å². The van der Waals surface area contributed by atoms with E-state index in [0.717, 1.165) is 29.9 Å². The summed E-state index contributed by atoms with van der Waals surface area (Å²) in [5.41, 5.74) is 3.33. The molecule has 0 atom stereocenters. The maximum atomic E-state index is 12.6. The lowest BCUT2D eigenvalue weighted by Gasteiger charge is -2.19. The molecule has 0 saturated carbocycles. The third-order valence-corrected chi connectivity index (χ3v) is 3.99. The molecule has 2 aromatic carbocycles. The van der Waals surface area contributed by atoms with E-state index in [-0.39, 0.29) is 12.5 Å². The van der Waals surface area contributed by atoms with Gasteiger partial charge in [0.25, 0.3) is 5.91 Å². The Morgan fingerprint density at radius 1 is 1.24 bits per heavy atom. The molecular formula is C20H22N2O3. The first-order valence-corrected chi connectivity index (χ1v) is 8.32. The second-order valence-corrected chi connectivity index (χ2v) is 5.77. The zero-order valence-corrected chi connectivity index (χ0v) is 14.5. The van der Waals surface area contributed by atoms with E-state index >= 15 is 0 Å². The van der Waals surface area contributed by atoms with Gasteiger partial charge in [0.2, 0.25) is 0 Å². The maximum absolute atomic E-state index is 12.6. The standard InChI is InChI=1S/C20H22N2O3/c1-3-21-12-14-6-4-8-17(10-14)22-20(23)16-11-15-7-5-9-18(24-2)19(15)25-13-16/h4-11,21H,3,12-13H2,1-2H3,(H,22,23). The first kappa shape index (κ1) is 17.0. The molecule has 25 heavy (non-hydrogen) atoms. The number of carbonyl (C=O) groups is 1. The second-order valence-electron chi connectivity index (χ2n) is 5.77. The third kappa shape index (κ3) is 4.00. The van der Waals surface area contributed by atoms with Crippen LogP contribution in [0.2, 0.25) is 0 Å². The Balaban J connectivity index is 1.74. The zero-order chi connectivity index (χ0) is 17.6. The van der Waals surface area contributed by atoms with Gasteiger partial charge in [-0.3, -0.25) is 4.79 Å². The molecule has 1 aliphatic heterocycles. The van der Waals surface area contributed by atoms with Crippen LogP contribution < -0.4 is 20.1 Å². The number of fused-ring (bicyclic) bond motifs is 1. The molecule has 0 bridgehead atoms. The number of hydrogen-bond acceptors (Lipinski definition) is 4. The highest BCUT2D eigenvalue weighted by atomic mass is 16.5. The third-order valence-electron chi connectivity index (χ3n) is 3.99. The Labute approximate surface area is 147 Å². The van der Waals surface area contributed by atoms with Crippen LogP contribution in [0.3, 0.4) is 0 Å². The van der Waals surface area contributed by atoms with E-state index in [1.807, 2.05) is 48.5 Å². The van der Waals surface area contributed by atoms with Gasteiger partial charge < -0.3 is 20.1 Å². The molecule has 0 saturated heterocycles. The van der Waals surface area contributed by atoms with E-state index in [4.69, 9.17) is 9.47 Å². The lowest BCUT2D eigenvalue weighted by atomic mass is 10.1. The lowest BCUT2D eigenvalue weighted by molar-refractivity contribution is -0.113. The van der Waals surface area contributed by atoms with Gasteiger partial charge in [-0.2, -0.15) is 0 Å². The Morgan fingerprint density at radius 3 is 2.88 bits per heavy atom. The molecule has 0 fully saturated rings. The Morgan fingerprint density at radius 2 is 2.08 bits per heavy atom. The lowest BCUT2D eigenvalue weighted by Crippen LogP contribution is -2.21. The topological polar surface area (TPSA) is 59.6 Å². The van der Waals surface area contributed by atoms with Crippen LogP contribution in [0.15, 0.2) is 48.0 Å². The van der Waals surface area contributed by atoms with Crippen LogP contribution in [0.5, 0.6) is 11.5 Å². The molecule has 1 aliphatic rings. The van der Waals surface area contributed by atoms with Gasteiger partial charge in [-0.05, 0) is 36.4 Å². The van der Waals surface area contributed by atoms with Crippen molar-refractivity contribution in [3.63, 3.8) is 0 Å². The number of ether oxygens (including phenoxy) is 2. The van der Waals surface area contributed by atoms with Crippen molar-refractivity contribution in [1.82, 2.24) is 5.32 Å². The van der Waals surface area contributed by atoms with Crippen LogP contribution in [-0.4, -0.2) is 26.2 Å². The number of benzene rings is 2. The van der Waals surface area contributed by atoms with Crippen molar-refractivity contribution in [3.8, 4) is 11.5 Å². The van der Waals surface area contributed by atoms with Crippen LogP contribution >= 0.6 is 0 Å². The van der Waals surface area contributed by atoms with Gasteiger partial charge in [0, 0.05) is 17.8 Å². The number of nitrogens with one attached hydrogen (secondary N) is 2. The molecular weight excluding hydrogens is 316 g/mol. The summed E-state index contributed by atoms with van der Waals surface area (Å²) >= 11 is 0. The smallest absolute Gasteiger partial charge is 0.255 e. The number of anilines is 1. The number of hydrogen-bond donors (Lipinski definition) is 2. The molecule has 2 N–H and O–H groups in total. The highest BCUT2D eigenvalue weighted by Gasteiger charge is 2.20. The first-order chi connectivity index (χ1) is 12.2. The summed E-state index contributed by atoms with van der Waals surface area (Å²) in [5, 5.41) is 6.22. The van der Waals surface area contributed by atoms with Gasteiger partial charge >= 0.3 is 0 Å². The van der Waals surface area contributed by atoms with E-state index in [1.54, 1.807) is 7.11 Å². The predicted molar refractivity (Wildman–Crippen MR) is 98.9 cm³/mol. The molecule has 2 aromatic rings. The molecule has 5 heteroatoms. The van der Waals surface area contributed by atoms with E-state index in [9.17, 15) is 4.79 Å².